The standard InChI is InChI=1S/C18H18O2/c1-13(17(19)15-9-5-3-6-10-15)14(2)18(20)16-11-7-4-8-12-16/h3-14H,1-2H3/t13-,14+. The molecule has 2 heteroatoms. The first-order chi connectivity index (χ1) is 9.61. The van der Waals surface area contributed by atoms with Crippen molar-refractivity contribution in [2.24, 2.45) is 11.8 Å². The maximum absolute atomic E-state index is 12.4. The normalized spacial score (nSPS) is 13.5. The molecular weight excluding hydrogens is 248 g/mol. The molecule has 0 saturated carbocycles. The molecule has 102 valence electrons. The van der Waals surface area contributed by atoms with E-state index in [4.69, 9.17) is 0 Å². The van der Waals surface area contributed by atoms with Gasteiger partial charge in [-0.1, -0.05) is 74.5 Å². The van der Waals surface area contributed by atoms with E-state index < -0.39 is 0 Å². The van der Waals surface area contributed by atoms with Gasteiger partial charge in [-0.15, -0.1) is 0 Å². The summed E-state index contributed by atoms with van der Waals surface area (Å²) in [6, 6.07) is 18.3. The number of carbonyl (C=O) groups is 2. The van der Waals surface area contributed by atoms with Crippen LogP contribution >= 0.6 is 0 Å². The minimum absolute atomic E-state index is 0.0161. The van der Waals surface area contributed by atoms with Crippen LogP contribution in [0.3, 0.4) is 0 Å². The van der Waals surface area contributed by atoms with Gasteiger partial charge in [-0.05, 0) is 0 Å². The molecule has 0 fully saturated rings. The van der Waals surface area contributed by atoms with Crippen LogP contribution in [0.5, 0.6) is 0 Å². The molecule has 0 aliphatic heterocycles. The molecule has 0 N–H and O–H groups in total. The quantitative estimate of drug-likeness (QED) is 0.766. The number of rotatable bonds is 5. The highest BCUT2D eigenvalue weighted by atomic mass is 16.1. The summed E-state index contributed by atoms with van der Waals surface area (Å²) in [6.07, 6.45) is 0. The maximum Gasteiger partial charge on any atom is 0.166 e. The van der Waals surface area contributed by atoms with E-state index in [1.807, 2.05) is 50.2 Å². The van der Waals surface area contributed by atoms with E-state index in [0.717, 1.165) is 0 Å². The predicted octanol–water partition coefficient (Wildman–Crippen LogP) is 4.02. The molecule has 0 aromatic heterocycles. The van der Waals surface area contributed by atoms with Crippen molar-refractivity contribution in [3.8, 4) is 0 Å². The second kappa shape index (κ2) is 6.29. The number of ketones is 2. The monoisotopic (exact) mass is 266 g/mol. The van der Waals surface area contributed by atoms with Gasteiger partial charge in [0.05, 0.1) is 0 Å². The van der Waals surface area contributed by atoms with Gasteiger partial charge in [0.25, 0.3) is 0 Å². The summed E-state index contributed by atoms with van der Waals surface area (Å²) < 4.78 is 0. The first-order valence-electron chi connectivity index (χ1n) is 6.79. The van der Waals surface area contributed by atoms with Crippen molar-refractivity contribution in [2.45, 2.75) is 13.8 Å². The number of hydrogen-bond donors (Lipinski definition) is 0. The van der Waals surface area contributed by atoms with E-state index in [1.165, 1.54) is 0 Å². The van der Waals surface area contributed by atoms with Crippen LogP contribution in [0.2, 0.25) is 0 Å². The van der Waals surface area contributed by atoms with Crippen LogP contribution < -0.4 is 0 Å². The van der Waals surface area contributed by atoms with Crippen LogP contribution in [0, 0.1) is 11.8 Å². The Morgan fingerprint density at radius 2 is 0.950 bits per heavy atom. The Morgan fingerprint density at radius 1 is 0.650 bits per heavy atom. The Bertz CT molecular complexity index is 532. The summed E-state index contributed by atoms with van der Waals surface area (Å²) in [7, 11) is 0. The van der Waals surface area contributed by atoms with E-state index in [9.17, 15) is 9.59 Å². The van der Waals surface area contributed by atoms with Crippen LogP contribution in [-0.2, 0) is 0 Å². The van der Waals surface area contributed by atoms with E-state index in [2.05, 4.69) is 0 Å². The molecule has 2 nitrogen and oxygen atoms in total. The molecule has 0 spiro atoms. The predicted molar refractivity (Wildman–Crippen MR) is 79.9 cm³/mol. The maximum atomic E-state index is 12.4. The second-order valence-corrected chi connectivity index (χ2v) is 5.04. The van der Waals surface area contributed by atoms with Gasteiger partial charge in [-0.2, -0.15) is 0 Å². The summed E-state index contributed by atoms with van der Waals surface area (Å²) in [4.78, 5) is 24.7. The summed E-state index contributed by atoms with van der Waals surface area (Å²) >= 11 is 0. The van der Waals surface area contributed by atoms with Gasteiger partial charge >= 0.3 is 0 Å². The third-order valence-electron chi connectivity index (χ3n) is 3.69. The fourth-order valence-electron chi connectivity index (χ4n) is 2.18. The molecular formula is C18H18O2. The molecule has 0 saturated heterocycles. The van der Waals surface area contributed by atoms with Crippen molar-refractivity contribution in [1.82, 2.24) is 0 Å². The Hall–Kier alpha value is -2.22. The highest BCUT2D eigenvalue weighted by Crippen LogP contribution is 2.21. The molecule has 20 heavy (non-hydrogen) atoms. The summed E-state index contributed by atoms with van der Waals surface area (Å²) in [5.74, 6) is -0.625. The van der Waals surface area contributed by atoms with Crippen molar-refractivity contribution < 1.29 is 9.59 Å². The van der Waals surface area contributed by atoms with E-state index in [-0.39, 0.29) is 23.4 Å². The van der Waals surface area contributed by atoms with Gasteiger partial charge in [0.2, 0.25) is 0 Å². The van der Waals surface area contributed by atoms with Gasteiger partial charge in [0.1, 0.15) is 0 Å². The van der Waals surface area contributed by atoms with Crippen molar-refractivity contribution in [1.29, 1.82) is 0 Å². The lowest BCUT2D eigenvalue weighted by Gasteiger charge is -2.18. The third kappa shape index (κ3) is 3.02. The Balaban J connectivity index is 2.15. The zero-order valence-electron chi connectivity index (χ0n) is 11.7. The summed E-state index contributed by atoms with van der Waals surface area (Å²) in [5, 5.41) is 0. The third-order valence-corrected chi connectivity index (χ3v) is 3.69. The van der Waals surface area contributed by atoms with Crippen LogP contribution in [0.1, 0.15) is 34.6 Å². The SMILES string of the molecule is C[C@H](C(=O)c1ccccc1)[C@@H](C)C(=O)c1ccccc1. The molecule has 0 unspecified atom stereocenters. The Kier molecular flexibility index (Phi) is 4.46. The van der Waals surface area contributed by atoms with Crippen molar-refractivity contribution >= 4 is 11.6 Å². The van der Waals surface area contributed by atoms with Crippen LogP contribution in [0.25, 0.3) is 0 Å². The highest BCUT2D eigenvalue weighted by molar-refractivity contribution is 6.04. The molecule has 0 aliphatic rings. The smallest absolute Gasteiger partial charge is 0.166 e. The minimum Gasteiger partial charge on any atom is -0.294 e. The van der Waals surface area contributed by atoms with Gasteiger partial charge in [0, 0.05) is 23.0 Å². The lowest BCUT2D eigenvalue weighted by atomic mass is 9.83. The summed E-state index contributed by atoms with van der Waals surface area (Å²) in [5.41, 5.74) is 1.32. The average Bonchev–Trinajstić information content (AvgIpc) is 2.53. The fourth-order valence-corrected chi connectivity index (χ4v) is 2.18. The van der Waals surface area contributed by atoms with E-state index in [0.29, 0.717) is 11.1 Å². The molecule has 2 aromatic carbocycles. The first kappa shape index (κ1) is 14.2. The van der Waals surface area contributed by atoms with Gasteiger partial charge in [-0.25, -0.2) is 0 Å². The van der Waals surface area contributed by atoms with Crippen molar-refractivity contribution in [2.75, 3.05) is 0 Å². The molecule has 2 aromatic rings. The molecule has 2 atom stereocenters. The summed E-state index contributed by atoms with van der Waals surface area (Å²) in [6.45, 7) is 3.64. The molecule has 0 amide bonds. The zero-order chi connectivity index (χ0) is 14.5. The zero-order valence-corrected chi connectivity index (χ0v) is 11.7. The number of hydrogen-bond acceptors (Lipinski definition) is 2. The lowest BCUT2D eigenvalue weighted by molar-refractivity contribution is 0.0794. The molecule has 0 radical (unpaired) electrons. The van der Waals surface area contributed by atoms with Crippen LogP contribution in [-0.4, -0.2) is 11.6 Å². The molecule has 0 heterocycles. The van der Waals surface area contributed by atoms with Crippen molar-refractivity contribution in [3.05, 3.63) is 71.8 Å². The van der Waals surface area contributed by atoms with Gasteiger partial charge in [0.15, 0.2) is 11.6 Å². The Labute approximate surface area is 119 Å². The fraction of sp³-hybridized carbons (Fsp3) is 0.222. The number of benzene rings is 2. The van der Waals surface area contributed by atoms with Crippen LogP contribution in [0.15, 0.2) is 60.7 Å². The van der Waals surface area contributed by atoms with Gasteiger partial charge < -0.3 is 0 Å². The number of Topliss-reactive ketones (excluding diaryl/α,β-unsaturated/α-hetero) is 2. The van der Waals surface area contributed by atoms with Crippen LogP contribution in [0.4, 0.5) is 0 Å². The van der Waals surface area contributed by atoms with E-state index >= 15 is 0 Å². The highest BCUT2D eigenvalue weighted by Gasteiger charge is 2.27. The molecule has 0 bridgehead atoms. The first-order valence-corrected chi connectivity index (χ1v) is 6.79. The largest absolute Gasteiger partial charge is 0.294 e. The van der Waals surface area contributed by atoms with E-state index in [1.54, 1.807) is 24.3 Å². The topological polar surface area (TPSA) is 34.1 Å². The Morgan fingerprint density at radius 3 is 1.25 bits per heavy atom. The van der Waals surface area contributed by atoms with Gasteiger partial charge in [-0.3, -0.25) is 9.59 Å². The molecule has 2 rings (SSSR count). The molecule has 0 aliphatic carbocycles. The lowest BCUT2D eigenvalue weighted by Crippen LogP contribution is -2.25. The van der Waals surface area contributed by atoms with Crippen molar-refractivity contribution in [3.63, 3.8) is 0 Å². The second-order valence-electron chi connectivity index (χ2n) is 5.04. The average molecular weight is 266 g/mol. The minimum atomic E-state index is -0.329. The number of carbonyl (C=O) groups excluding carboxylic acids is 2.